The van der Waals surface area contributed by atoms with E-state index in [4.69, 9.17) is 20.6 Å². The van der Waals surface area contributed by atoms with Gasteiger partial charge < -0.3 is 20.8 Å². The summed E-state index contributed by atoms with van der Waals surface area (Å²) >= 11 is 1.45. The van der Waals surface area contributed by atoms with Crippen LogP contribution in [0.1, 0.15) is 0 Å². The van der Waals surface area contributed by atoms with Gasteiger partial charge in [-0.1, -0.05) is 17.8 Å². The molecule has 0 aliphatic carbocycles. The fraction of sp³-hybridized carbons (Fsp3) is 0.0455. The molecule has 12 heteroatoms. The summed E-state index contributed by atoms with van der Waals surface area (Å²) in [6, 6.07) is 13.7. The summed E-state index contributed by atoms with van der Waals surface area (Å²) in [5, 5.41) is 10.2. The zero-order valence-corrected chi connectivity index (χ0v) is 17.7. The van der Waals surface area contributed by atoms with Crippen molar-refractivity contribution in [2.24, 2.45) is 0 Å². The number of alkyl halides is 3. The molecule has 5 rings (SSSR count). The fourth-order valence-electron chi connectivity index (χ4n) is 3.36. The summed E-state index contributed by atoms with van der Waals surface area (Å²) in [6.07, 6.45) is -3.50. The predicted molar refractivity (Wildman–Crippen MR) is 120 cm³/mol. The summed E-state index contributed by atoms with van der Waals surface area (Å²) in [7, 11) is 0. The number of carbonyl (C=O) groups is 1. The Kier molecular flexibility index (Phi) is 5.92. The van der Waals surface area contributed by atoms with Crippen LogP contribution in [0.4, 0.5) is 23.2 Å². The molecule has 2 heterocycles. The summed E-state index contributed by atoms with van der Waals surface area (Å²) in [5.74, 6) is -3.15. The lowest BCUT2D eigenvalue weighted by Crippen LogP contribution is -2.21. The van der Waals surface area contributed by atoms with E-state index in [2.05, 4.69) is 9.97 Å². The second-order valence-electron chi connectivity index (χ2n) is 7.03. The molecule has 0 aliphatic heterocycles. The molecule has 34 heavy (non-hydrogen) atoms. The average Bonchev–Trinajstić information content (AvgIpc) is 3.17. The first-order valence-electron chi connectivity index (χ1n) is 9.50. The number of aliphatic carboxylic acids is 1. The molecular weight excluding hydrogens is 476 g/mol. The van der Waals surface area contributed by atoms with Crippen molar-refractivity contribution in [1.29, 1.82) is 0 Å². The number of nitrogens with one attached hydrogen (secondary N) is 2. The number of anilines is 1. The highest BCUT2D eigenvalue weighted by molar-refractivity contribution is 7.99. The van der Waals surface area contributed by atoms with Crippen molar-refractivity contribution in [3.8, 4) is 0 Å². The van der Waals surface area contributed by atoms with Crippen LogP contribution in [0.3, 0.4) is 0 Å². The second kappa shape index (κ2) is 8.71. The summed E-state index contributed by atoms with van der Waals surface area (Å²) < 4.78 is 45.6. The van der Waals surface area contributed by atoms with Gasteiger partial charge in [0.1, 0.15) is 5.82 Å². The number of hydrogen-bond donors (Lipinski definition) is 4. The highest BCUT2D eigenvalue weighted by Gasteiger charge is 2.38. The van der Waals surface area contributed by atoms with E-state index in [1.165, 1.54) is 23.9 Å². The van der Waals surface area contributed by atoms with Crippen molar-refractivity contribution in [2.45, 2.75) is 16.2 Å². The molecule has 0 aliphatic rings. The van der Waals surface area contributed by atoms with Gasteiger partial charge in [0.05, 0.1) is 16.4 Å². The number of aromatic nitrogens is 3. The Labute approximate surface area is 191 Å². The van der Waals surface area contributed by atoms with Crippen molar-refractivity contribution >= 4 is 56.0 Å². The monoisotopic (exact) mass is 490 g/mol. The average molecular weight is 490 g/mol. The Morgan fingerprint density at radius 3 is 2.47 bits per heavy atom. The normalized spacial score (nSPS) is 11.5. The Balaban J connectivity index is 0.000000344. The largest absolute Gasteiger partial charge is 0.490 e. The van der Waals surface area contributed by atoms with Crippen molar-refractivity contribution in [3.05, 3.63) is 70.9 Å². The van der Waals surface area contributed by atoms with Crippen LogP contribution in [0, 0.1) is 5.82 Å². The van der Waals surface area contributed by atoms with Gasteiger partial charge in [-0.2, -0.15) is 13.2 Å². The minimum atomic E-state index is -5.08. The number of imidazole rings is 1. The molecule has 3 aromatic carbocycles. The lowest BCUT2D eigenvalue weighted by Gasteiger charge is -2.05. The van der Waals surface area contributed by atoms with Gasteiger partial charge in [0.15, 0.2) is 5.16 Å². The number of hydrogen-bond acceptors (Lipinski definition) is 5. The molecule has 0 bridgehead atoms. The maximum absolute atomic E-state index is 13.9. The number of carboxylic acids is 1. The number of nitrogens with two attached hydrogens (primary N) is 1. The summed E-state index contributed by atoms with van der Waals surface area (Å²) in [5.41, 5.74) is 7.72. The van der Waals surface area contributed by atoms with Crippen molar-refractivity contribution in [2.75, 3.05) is 5.73 Å². The predicted octanol–water partition coefficient (Wildman–Crippen LogP) is 5.06. The van der Waals surface area contributed by atoms with E-state index < -0.39 is 18.0 Å². The second-order valence-corrected chi connectivity index (χ2v) is 8.09. The number of rotatable bonds is 2. The molecule has 0 radical (unpaired) electrons. The molecule has 0 saturated carbocycles. The molecule has 0 spiro atoms. The molecule has 174 valence electrons. The van der Waals surface area contributed by atoms with E-state index in [-0.39, 0.29) is 5.56 Å². The molecule has 0 fully saturated rings. The molecule has 0 atom stereocenters. The maximum Gasteiger partial charge on any atom is 0.490 e. The molecule has 2 aromatic heterocycles. The highest BCUT2D eigenvalue weighted by Crippen LogP contribution is 2.35. The summed E-state index contributed by atoms with van der Waals surface area (Å²) in [6.45, 7) is 0. The number of aromatic amines is 2. The van der Waals surface area contributed by atoms with E-state index in [0.717, 1.165) is 15.8 Å². The van der Waals surface area contributed by atoms with Crippen LogP contribution in [0.15, 0.2) is 69.6 Å². The quantitative estimate of drug-likeness (QED) is 0.156. The minimum Gasteiger partial charge on any atom is -0.475 e. The molecular formula is C22H14F4N4O3S. The number of fused-ring (bicyclic) bond motifs is 6. The maximum atomic E-state index is 13.9. The molecule has 0 amide bonds. The van der Waals surface area contributed by atoms with Crippen LogP contribution < -0.4 is 11.3 Å². The Bertz CT molecular complexity index is 1610. The number of nitrogen functional groups attached to an aromatic ring is 1. The van der Waals surface area contributed by atoms with Crippen LogP contribution in [-0.2, 0) is 4.79 Å². The SMILES string of the molecule is Nc1cccc(Sc2nc3c4ccc(F)cc4c4c(=O)[nH]ccc4c3[nH]2)c1.O=C(O)C(F)(F)F. The third-order valence-electron chi connectivity index (χ3n) is 4.73. The third kappa shape index (κ3) is 4.53. The number of H-pyrrole nitrogens is 2. The van der Waals surface area contributed by atoms with Gasteiger partial charge in [0, 0.05) is 32.9 Å². The van der Waals surface area contributed by atoms with Gasteiger partial charge in [0.2, 0.25) is 0 Å². The first-order chi connectivity index (χ1) is 16.0. The Morgan fingerprint density at radius 1 is 1.06 bits per heavy atom. The third-order valence-corrected chi connectivity index (χ3v) is 5.61. The Hall–Kier alpha value is -4.06. The molecule has 0 saturated heterocycles. The number of pyridine rings is 1. The smallest absolute Gasteiger partial charge is 0.475 e. The van der Waals surface area contributed by atoms with Gasteiger partial charge in [-0.05, 0) is 42.5 Å². The molecule has 5 aromatic rings. The van der Waals surface area contributed by atoms with Crippen LogP contribution in [0.2, 0.25) is 0 Å². The van der Waals surface area contributed by atoms with Crippen LogP contribution in [0.5, 0.6) is 0 Å². The fourth-order valence-corrected chi connectivity index (χ4v) is 4.22. The summed E-state index contributed by atoms with van der Waals surface area (Å²) in [4.78, 5) is 33.0. The zero-order valence-electron chi connectivity index (χ0n) is 16.9. The topological polar surface area (TPSA) is 125 Å². The Morgan fingerprint density at radius 2 is 1.79 bits per heavy atom. The number of nitrogens with zero attached hydrogens (tertiary/aromatic N) is 1. The minimum absolute atomic E-state index is 0.260. The van der Waals surface area contributed by atoms with Crippen molar-refractivity contribution in [1.82, 2.24) is 15.0 Å². The van der Waals surface area contributed by atoms with E-state index in [1.807, 2.05) is 24.3 Å². The molecule has 0 unspecified atom stereocenters. The van der Waals surface area contributed by atoms with Crippen molar-refractivity contribution < 1.29 is 27.5 Å². The van der Waals surface area contributed by atoms with Crippen LogP contribution in [-0.4, -0.2) is 32.2 Å². The van der Waals surface area contributed by atoms with E-state index in [1.54, 1.807) is 18.3 Å². The molecule has 5 N–H and O–H groups in total. The van der Waals surface area contributed by atoms with E-state index in [9.17, 15) is 22.4 Å². The van der Waals surface area contributed by atoms with Gasteiger partial charge in [0.25, 0.3) is 5.56 Å². The highest BCUT2D eigenvalue weighted by atomic mass is 32.2. The van der Waals surface area contributed by atoms with Crippen molar-refractivity contribution in [3.63, 3.8) is 0 Å². The lowest BCUT2D eigenvalue weighted by molar-refractivity contribution is -0.192. The van der Waals surface area contributed by atoms with E-state index >= 15 is 0 Å². The van der Waals surface area contributed by atoms with Gasteiger partial charge in [-0.3, -0.25) is 4.79 Å². The van der Waals surface area contributed by atoms with E-state index in [0.29, 0.717) is 32.5 Å². The first kappa shape index (κ1) is 23.1. The first-order valence-corrected chi connectivity index (χ1v) is 10.3. The van der Waals surface area contributed by atoms with Crippen LogP contribution in [0.25, 0.3) is 32.6 Å². The van der Waals surface area contributed by atoms with Gasteiger partial charge in [-0.25, -0.2) is 14.2 Å². The number of carboxylic acid groups (broad SMARTS) is 1. The van der Waals surface area contributed by atoms with Gasteiger partial charge >= 0.3 is 12.1 Å². The zero-order chi connectivity index (χ0) is 24.6. The standard InChI is InChI=1S/C20H13FN4OS.C2HF3O2/c21-10-4-5-13-15(8-10)16-14(6-7-23-19(16)26)18-17(13)24-20(25-18)27-12-3-1-2-11(22)9-12;3-2(4,5)1(6)7/h1-9H,22H2,(H,23,26)(H,24,25);(H,6,7). The number of halogens is 4. The van der Waals surface area contributed by atoms with Crippen LogP contribution >= 0.6 is 11.8 Å². The lowest BCUT2D eigenvalue weighted by atomic mass is 10.0. The molecule has 7 nitrogen and oxygen atoms in total. The number of benzene rings is 3. The van der Waals surface area contributed by atoms with Gasteiger partial charge in [-0.15, -0.1) is 0 Å².